The molecule has 4 heteroatoms. The molecule has 1 amide bonds. The number of carbonyl (C=O) groups is 1. The van der Waals surface area contributed by atoms with Crippen molar-refractivity contribution in [3.05, 3.63) is 35.9 Å². The molecule has 0 radical (unpaired) electrons. The molecule has 0 heterocycles. The minimum atomic E-state index is -0.570. The van der Waals surface area contributed by atoms with Crippen molar-refractivity contribution in [2.24, 2.45) is 5.41 Å². The summed E-state index contributed by atoms with van der Waals surface area (Å²) in [7, 11) is 0. The fraction of sp³-hybridized carbons (Fsp3) is 0.588. The summed E-state index contributed by atoms with van der Waals surface area (Å²) >= 11 is 0. The zero-order chi connectivity index (χ0) is 15.9. The average Bonchev–Trinajstić information content (AvgIpc) is 2.41. The smallest absolute Gasteiger partial charge is 0.407 e. The quantitative estimate of drug-likeness (QED) is 0.844. The monoisotopic (exact) mass is 293 g/mol. The van der Waals surface area contributed by atoms with E-state index in [-0.39, 0.29) is 18.1 Å². The Labute approximate surface area is 127 Å². The first-order valence-electron chi connectivity index (χ1n) is 7.47. The van der Waals surface area contributed by atoms with E-state index < -0.39 is 12.2 Å². The van der Waals surface area contributed by atoms with Crippen LogP contribution in [0, 0.1) is 5.41 Å². The lowest BCUT2D eigenvalue weighted by Gasteiger charge is -2.28. The van der Waals surface area contributed by atoms with Gasteiger partial charge in [-0.15, -0.1) is 0 Å². The van der Waals surface area contributed by atoms with E-state index in [1.165, 1.54) is 0 Å². The molecule has 1 rings (SSSR count). The number of ether oxygens (including phenoxy) is 1. The predicted octanol–water partition coefficient (Wildman–Crippen LogP) is 3.49. The second-order valence-electron chi connectivity index (χ2n) is 6.55. The first-order chi connectivity index (χ1) is 9.81. The van der Waals surface area contributed by atoms with E-state index >= 15 is 0 Å². The van der Waals surface area contributed by atoms with E-state index in [0.29, 0.717) is 12.8 Å². The number of rotatable bonds is 6. The van der Waals surface area contributed by atoms with Gasteiger partial charge in [-0.1, -0.05) is 58.0 Å². The third-order valence-electron chi connectivity index (χ3n) is 3.24. The normalized spacial score (nSPS) is 14.3. The summed E-state index contributed by atoms with van der Waals surface area (Å²) in [5.74, 6) is 0. The summed E-state index contributed by atoms with van der Waals surface area (Å²) in [5.41, 5.74) is 0.957. The topological polar surface area (TPSA) is 58.6 Å². The molecule has 0 aromatic heterocycles. The molecular weight excluding hydrogens is 266 g/mol. The Bertz CT molecular complexity index is 425. The molecule has 0 saturated carbocycles. The number of hydrogen-bond donors (Lipinski definition) is 2. The van der Waals surface area contributed by atoms with Gasteiger partial charge in [-0.25, -0.2) is 4.79 Å². The van der Waals surface area contributed by atoms with Crippen molar-refractivity contribution >= 4 is 6.09 Å². The Morgan fingerprint density at radius 2 is 1.90 bits per heavy atom. The number of nitrogens with one attached hydrogen (secondary N) is 1. The molecular formula is C17H27NO3. The predicted molar refractivity (Wildman–Crippen MR) is 83.9 cm³/mol. The van der Waals surface area contributed by atoms with Crippen molar-refractivity contribution < 1.29 is 14.6 Å². The Morgan fingerprint density at radius 3 is 2.43 bits per heavy atom. The number of carbonyl (C=O) groups excluding carboxylic acids is 1. The van der Waals surface area contributed by atoms with Crippen molar-refractivity contribution in [1.29, 1.82) is 0 Å². The van der Waals surface area contributed by atoms with Crippen LogP contribution in [0.2, 0.25) is 0 Å². The first-order valence-corrected chi connectivity index (χ1v) is 7.47. The maximum Gasteiger partial charge on any atom is 0.407 e. The Morgan fingerprint density at radius 1 is 1.29 bits per heavy atom. The molecule has 118 valence electrons. The van der Waals surface area contributed by atoms with Gasteiger partial charge in [-0.3, -0.25) is 0 Å². The van der Waals surface area contributed by atoms with Gasteiger partial charge in [0.25, 0.3) is 0 Å². The number of amides is 1. The van der Waals surface area contributed by atoms with Crippen LogP contribution in [-0.2, 0) is 11.3 Å². The Kier molecular flexibility index (Phi) is 6.69. The number of aliphatic hydroxyl groups is 1. The second kappa shape index (κ2) is 8.03. The zero-order valence-corrected chi connectivity index (χ0v) is 13.4. The molecule has 21 heavy (non-hydrogen) atoms. The zero-order valence-electron chi connectivity index (χ0n) is 13.4. The van der Waals surface area contributed by atoms with Gasteiger partial charge in [0.15, 0.2) is 0 Å². The highest BCUT2D eigenvalue weighted by Crippen LogP contribution is 2.22. The molecule has 4 nitrogen and oxygen atoms in total. The number of aliphatic hydroxyl groups excluding tert-OH is 1. The summed E-state index contributed by atoms with van der Waals surface area (Å²) in [5, 5.41) is 13.0. The third-order valence-corrected chi connectivity index (χ3v) is 3.24. The summed E-state index contributed by atoms with van der Waals surface area (Å²) in [6.07, 6.45) is 0.236. The summed E-state index contributed by atoms with van der Waals surface area (Å²) in [4.78, 5) is 11.8. The molecule has 2 atom stereocenters. The molecule has 0 aliphatic rings. The molecule has 0 spiro atoms. The van der Waals surface area contributed by atoms with Crippen LogP contribution in [0.25, 0.3) is 0 Å². The first kappa shape index (κ1) is 17.5. The molecule has 0 saturated heterocycles. The van der Waals surface area contributed by atoms with E-state index in [2.05, 4.69) is 26.1 Å². The van der Waals surface area contributed by atoms with Gasteiger partial charge in [0, 0.05) is 0 Å². The van der Waals surface area contributed by atoms with Crippen LogP contribution in [0.3, 0.4) is 0 Å². The van der Waals surface area contributed by atoms with Gasteiger partial charge in [-0.2, -0.15) is 0 Å². The maximum absolute atomic E-state index is 11.8. The van der Waals surface area contributed by atoms with Crippen molar-refractivity contribution in [3.8, 4) is 0 Å². The maximum atomic E-state index is 11.8. The molecule has 1 aromatic rings. The highest BCUT2D eigenvalue weighted by molar-refractivity contribution is 5.67. The average molecular weight is 293 g/mol. The van der Waals surface area contributed by atoms with E-state index in [1.807, 2.05) is 37.3 Å². The third kappa shape index (κ3) is 7.14. The number of alkyl carbamates (subject to hydrolysis) is 1. The molecule has 0 aliphatic heterocycles. The van der Waals surface area contributed by atoms with Gasteiger partial charge in [0.05, 0.1) is 12.1 Å². The van der Waals surface area contributed by atoms with Crippen molar-refractivity contribution in [1.82, 2.24) is 5.32 Å². The van der Waals surface area contributed by atoms with Crippen LogP contribution < -0.4 is 5.32 Å². The van der Waals surface area contributed by atoms with Crippen LogP contribution in [0.15, 0.2) is 30.3 Å². The fourth-order valence-corrected chi connectivity index (χ4v) is 2.16. The molecule has 0 bridgehead atoms. The van der Waals surface area contributed by atoms with Gasteiger partial charge in [0.1, 0.15) is 6.61 Å². The highest BCUT2D eigenvalue weighted by atomic mass is 16.5. The lowest BCUT2D eigenvalue weighted by Crippen LogP contribution is -2.44. The number of benzene rings is 1. The van der Waals surface area contributed by atoms with E-state index in [9.17, 15) is 9.90 Å². The van der Waals surface area contributed by atoms with Crippen LogP contribution in [0.4, 0.5) is 4.79 Å². The molecule has 1 aromatic carbocycles. The standard InChI is InChI=1S/C17H27NO3/c1-5-14(15(19)11-17(2,3)4)18-16(20)21-12-13-9-7-6-8-10-13/h6-10,14-15,19H,5,11-12H2,1-4H3,(H,18,20). The SMILES string of the molecule is CCC(NC(=O)OCc1ccccc1)C(O)CC(C)(C)C. The Hall–Kier alpha value is -1.55. The summed E-state index contributed by atoms with van der Waals surface area (Å²) in [6, 6.07) is 9.24. The van der Waals surface area contributed by atoms with Gasteiger partial charge in [-0.05, 0) is 23.8 Å². The number of hydrogen-bond acceptors (Lipinski definition) is 3. The summed E-state index contributed by atoms with van der Waals surface area (Å²) < 4.78 is 5.18. The Balaban J connectivity index is 2.43. The van der Waals surface area contributed by atoms with Gasteiger partial charge < -0.3 is 15.2 Å². The minimum absolute atomic E-state index is 0.0163. The largest absolute Gasteiger partial charge is 0.445 e. The molecule has 0 fully saturated rings. The molecule has 2 unspecified atom stereocenters. The van der Waals surface area contributed by atoms with E-state index in [0.717, 1.165) is 5.56 Å². The molecule has 2 N–H and O–H groups in total. The van der Waals surface area contributed by atoms with Gasteiger partial charge in [0.2, 0.25) is 0 Å². The molecule has 0 aliphatic carbocycles. The van der Waals surface area contributed by atoms with Crippen molar-refractivity contribution in [2.75, 3.05) is 0 Å². The van der Waals surface area contributed by atoms with Crippen LogP contribution in [0.5, 0.6) is 0 Å². The minimum Gasteiger partial charge on any atom is -0.445 e. The highest BCUT2D eigenvalue weighted by Gasteiger charge is 2.25. The lowest BCUT2D eigenvalue weighted by molar-refractivity contribution is 0.0723. The summed E-state index contributed by atoms with van der Waals surface area (Å²) in [6.45, 7) is 8.37. The fourth-order valence-electron chi connectivity index (χ4n) is 2.16. The van der Waals surface area contributed by atoms with Gasteiger partial charge >= 0.3 is 6.09 Å². The van der Waals surface area contributed by atoms with Crippen molar-refractivity contribution in [2.45, 2.75) is 59.3 Å². The van der Waals surface area contributed by atoms with Crippen molar-refractivity contribution in [3.63, 3.8) is 0 Å². The van der Waals surface area contributed by atoms with Crippen LogP contribution in [0.1, 0.15) is 46.1 Å². The van der Waals surface area contributed by atoms with E-state index in [4.69, 9.17) is 4.74 Å². The lowest BCUT2D eigenvalue weighted by atomic mass is 9.86. The second-order valence-corrected chi connectivity index (χ2v) is 6.55. The van der Waals surface area contributed by atoms with Crippen LogP contribution >= 0.6 is 0 Å². The van der Waals surface area contributed by atoms with E-state index in [1.54, 1.807) is 0 Å². The van der Waals surface area contributed by atoms with Crippen LogP contribution in [-0.4, -0.2) is 23.3 Å².